The molecule has 0 bridgehead atoms. The highest BCUT2D eigenvalue weighted by Gasteiger charge is 2.26. The molecule has 2 aromatic carbocycles. The number of terminal acetylenes is 1. The number of aliphatic hydroxyl groups excluding tert-OH is 2. The lowest BCUT2D eigenvalue weighted by Crippen LogP contribution is -1.99. The van der Waals surface area contributed by atoms with Crippen molar-refractivity contribution in [3.05, 3.63) is 120 Å². The molecular weight excluding hydrogens is 766 g/mol. The number of aromatic nitrogens is 8. The average molecular weight is 799 g/mol. The Morgan fingerprint density at radius 1 is 0.655 bits per heavy atom. The molecule has 6 aromatic heterocycles. The first kappa shape index (κ1) is 40.3. The summed E-state index contributed by atoms with van der Waals surface area (Å²) in [5, 5.41) is 34.4. The Kier molecular flexibility index (Phi) is 12.5. The number of halogens is 3. The molecular formula is C43H33ClF2N8O4. The molecule has 290 valence electrons. The fourth-order valence-corrected chi connectivity index (χ4v) is 6.88. The zero-order valence-electron chi connectivity index (χ0n) is 31.4. The summed E-state index contributed by atoms with van der Waals surface area (Å²) < 4.78 is 41.7. The number of fused-ring (bicyclic) bond motifs is 2. The summed E-state index contributed by atoms with van der Waals surface area (Å²) in [6, 6.07) is 20.2. The van der Waals surface area contributed by atoms with Gasteiger partial charge in [0.25, 0.3) is 11.8 Å². The van der Waals surface area contributed by atoms with Gasteiger partial charge in [0.1, 0.15) is 41.1 Å². The second-order valence-corrected chi connectivity index (χ2v) is 12.5. The summed E-state index contributed by atoms with van der Waals surface area (Å²) in [7, 11) is 6.85. The van der Waals surface area contributed by atoms with Gasteiger partial charge >= 0.3 is 0 Å². The second kappa shape index (κ2) is 18.0. The van der Waals surface area contributed by atoms with Crippen molar-refractivity contribution >= 4 is 33.4 Å². The minimum atomic E-state index is -0.312. The van der Waals surface area contributed by atoms with Gasteiger partial charge in [-0.05, 0) is 101 Å². The maximum atomic E-state index is 13.6. The highest BCUT2D eigenvalue weighted by molar-refractivity contribution is 6.36. The average Bonchev–Trinajstić information content (AvgIpc) is 3.74. The fourth-order valence-electron chi connectivity index (χ4n) is 6.66. The summed E-state index contributed by atoms with van der Waals surface area (Å²) in [6.07, 6.45) is 12.2. The minimum Gasteiger partial charge on any atom is -0.478 e. The molecule has 0 amide bonds. The van der Waals surface area contributed by atoms with E-state index in [4.69, 9.17) is 31.3 Å². The third-order valence-electron chi connectivity index (χ3n) is 8.95. The second-order valence-electron chi connectivity index (χ2n) is 12.1. The van der Waals surface area contributed by atoms with Crippen molar-refractivity contribution in [1.29, 1.82) is 0 Å². The van der Waals surface area contributed by atoms with Crippen LogP contribution in [-0.4, -0.2) is 70.5 Å². The standard InChI is InChI=1S/C22H17FN4O2.C19H14ClFN4O.C2H2O/c1-27-20(15-5-7-16(23)8-6-15)18(14-9-11-24-12-10-14)19-17(4-3-13-28)25-26-22(29-2)21(19)27;1-25-16(12-3-5-13(21)6-4-12)14(11-7-9-22-10-8-11)15-17(25)19(26-2)24-23-18(15)20;1-2-3/h5-12,28H,13H2,1-2H3;3-10H,1-2H3;1,3H. The first-order valence-corrected chi connectivity index (χ1v) is 17.6. The maximum absolute atomic E-state index is 13.6. The first-order chi connectivity index (χ1) is 28.2. The number of hydrogen-bond donors (Lipinski definition) is 2. The predicted octanol–water partition coefficient (Wildman–Crippen LogP) is 7.64. The van der Waals surface area contributed by atoms with Crippen molar-refractivity contribution in [3.63, 3.8) is 0 Å². The highest BCUT2D eigenvalue weighted by Crippen LogP contribution is 2.45. The number of aryl methyl sites for hydroxylation is 2. The Morgan fingerprint density at radius 3 is 1.50 bits per heavy atom. The number of hydrogen-bond acceptors (Lipinski definition) is 10. The lowest BCUT2D eigenvalue weighted by atomic mass is 9.98. The summed E-state index contributed by atoms with van der Waals surface area (Å²) in [4.78, 5) is 8.19. The van der Waals surface area contributed by atoms with E-state index in [0.717, 1.165) is 61.1 Å². The van der Waals surface area contributed by atoms with Gasteiger partial charge in [-0.25, -0.2) is 8.78 Å². The van der Waals surface area contributed by atoms with Gasteiger partial charge in [0.15, 0.2) is 5.15 Å². The normalized spacial score (nSPS) is 10.4. The lowest BCUT2D eigenvalue weighted by Gasteiger charge is -2.09. The molecule has 0 aliphatic rings. The van der Waals surface area contributed by atoms with Crippen molar-refractivity contribution in [1.82, 2.24) is 39.5 Å². The number of aliphatic hydroxyl groups is 2. The Hall–Kier alpha value is -7.39. The molecule has 0 fully saturated rings. The zero-order chi connectivity index (χ0) is 41.3. The van der Waals surface area contributed by atoms with E-state index >= 15 is 0 Å². The molecule has 0 saturated heterocycles. The van der Waals surface area contributed by atoms with Crippen molar-refractivity contribution in [2.45, 2.75) is 0 Å². The molecule has 0 aliphatic carbocycles. The van der Waals surface area contributed by atoms with Crippen LogP contribution in [0.15, 0.2) is 97.6 Å². The smallest absolute Gasteiger partial charge is 0.258 e. The molecule has 2 N–H and O–H groups in total. The largest absolute Gasteiger partial charge is 0.478 e. The van der Waals surface area contributed by atoms with Crippen molar-refractivity contribution in [2.24, 2.45) is 14.1 Å². The number of methoxy groups -OCH3 is 2. The van der Waals surface area contributed by atoms with Crippen LogP contribution in [0.5, 0.6) is 11.8 Å². The maximum Gasteiger partial charge on any atom is 0.258 e. The topological polar surface area (TPSA) is 146 Å². The van der Waals surface area contributed by atoms with Gasteiger partial charge in [0, 0.05) is 50.0 Å². The highest BCUT2D eigenvalue weighted by atomic mass is 35.5. The van der Waals surface area contributed by atoms with Crippen LogP contribution in [0, 0.1) is 36.0 Å². The van der Waals surface area contributed by atoms with Gasteiger partial charge in [-0.2, -0.15) is 0 Å². The molecule has 0 aliphatic heterocycles. The molecule has 0 radical (unpaired) electrons. The van der Waals surface area contributed by atoms with Crippen LogP contribution in [0.1, 0.15) is 5.69 Å². The third kappa shape index (κ3) is 7.83. The Morgan fingerprint density at radius 2 is 1.07 bits per heavy atom. The van der Waals surface area contributed by atoms with Gasteiger partial charge < -0.3 is 28.8 Å². The van der Waals surface area contributed by atoms with Crippen molar-refractivity contribution in [2.75, 3.05) is 20.8 Å². The van der Waals surface area contributed by atoms with E-state index in [1.807, 2.05) is 47.5 Å². The van der Waals surface area contributed by atoms with Crippen LogP contribution in [-0.2, 0) is 14.1 Å². The van der Waals surface area contributed by atoms with Crippen molar-refractivity contribution < 1.29 is 28.5 Å². The van der Waals surface area contributed by atoms with E-state index in [9.17, 15) is 8.78 Å². The van der Waals surface area contributed by atoms with Gasteiger partial charge in [-0.3, -0.25) is 9.97 Å². The van der Waals surface area contributed by atoms with E-state index in [2.05, 4.69) is 48.6 Å². The quantitative estimate of drug-likeness (QED) is 0.161. The molecule has 0 saturated carbocycles. The zero-order valence-corrected chi connectivity index (χ0v) is 32.2. The number of pyridine rings is 2. The monoisotopic (exact) mass is 798 g/mol. The predicted molar refractivity (Wildman–Crippen MR) is 217 cm³/mol. The van der Waals surface area contributed by atoms with E-state index in [0.29, 0.717) is 23.0 Å². The molecule has 0 atom stereocenters. The number of ether oxygens (including phenoxy) is 2. The molecule has 6 heterocycles. The first-order valence-electron chi connectivity index (χ1n) is 17.2. The lowest BCUT2D eigenvalue weighted by molar-refractivity contribution is 0.350. The van der Waals surface area contributed by atoms with Gasteiger partial charge in [-0.15, -0.1) is 20.4 Å². The Bertz CT molecular complexity index is 2820. The third-order valence-corrected chi connectivity index (χ3v) is 9.22. The van der Waals surface area contributed by atoms with Gasteiger partial charge in [0.2, 0.25) is 0 Å². The van der Waals surface area contributed by atoms with E-state index in [1.54, 1.807) is 49.1 Å². The molecule has 8 aromatic rings. The van der Waals surface area contributed by atoms with E-state index in [1.165, 1.54) is 44.6 Å². The summed E-state index contributed by atoms with van der Waals surface area (Å²) in [5.41, 5.74) is 8.75. The fraction of sp³-hybridized carbons (Fsp3) is 0.116. The number of rotatable bonds is 6. The molecule has 8 rings (SSSR count). The van der Waals surface area contributed by atoms with E-state index in [-0.39, 0.29) is 23.4 Å². The van der Waals surface area contributed by atoms with Gasteiger partial charge in [0.05, 0.1) is 36.4 Å². The number of nitrogens with zero attached hydrogens (tertiary/aromatic N) is 8. The van der Waals surface area contributed by atoms with Crippen molar-refractivity contribution in [3.8, 4) is 80.9 Å². The molecule has 0 unspecified atom stereocenters. The summed E-state index contributed by atoms with van der Waals surface area (Å²) >= 11 is 6.42. The van der Waals surface area contributed by atoms with E-state index < -0.39 is 0 Å². The molecule has 15 heteroatoms. The molecule has 12 nitrogen and oxygen atoms in total. The van der Waals surface area contributed by atoms with Crippen LogP contribution in [0.25, 0.3) is 66.6 Å². The SMILES string of the molecule is C#CO.COc1nnc(C#CCO)c2c(-c3ccncc3)c(-c3ccc(F)cc3)n(C)c12.COc1nnc(Cl)c2c(-c3ccncc3)c(-c3ccc(F)cc3)n(C)c12. The van der Waals surface area contributed by atoms with Crippen LogP contribution in [0.2, 0.25) is 5.15 Å². The van der Waals surface area contributed by atoms with Crippen LogP contribution >= 0.6 is 11.6 Å². The Balaban J connectivity index is 0.000000184. The van der Waals surface area contributed by atoms with Crippen LogP contribution in [0.3, 0.4) is 0 Å². The molecule has 0 spiro atoms. The van der Waals surface area contributed by atoms with Gasteiger partial charge in [-0.1, -0.05) is 23.9 Å². The Labute approximate surface area is 336 Å². The summed E-state index contributed by atoms with van der Waals surface area (Å²) in [6.45, 7) is -0.294. The molecule has 58 heavy (non-hydrogen) atoms. The minimum absolute atomic E-state index is 0.275. The number of benzene rings is 2. The van der Waals surface area contributed by atoms with Crippen LogP contribution in [0.4, 0.5) is 8.78 Å². The summed E-state index contributed by atoms with van der Waals surface area (Å²) in [5.74, 6) is 5.63. The van der Waals surface area contributed by atoms with Crippen LogP contribution < -0.4 is 9.47 Å².